The minimum Gasteiger partial charge on any atom is -0.399 e. The molecule has 0 fully saturated rings. The Kier molecular flexibility index (Phi) is 1.59. The molecule has 1 nitrogen and oxygen atoms in total. The predicted molar refractivity (Wildman–Crippen MR) is 38.7 cm³/mol. The molecule has 0 aromatic heterocycles. The lowest BCUT2D eigenvalue weighted by atomic mass is 10.2. The first-order valence-corrected chi connectivity index (χ1v) is 2.75. The second-order valence-corrected chi connectivity index (χ2v) is 1.88. The maximum absolute atomic E-state index is 12.6. The average molecular weight is 135 g/mol. The van der Waals surface area contributed by atoms with Crippen molar-refractivity contribution in [1.29, 1.82) is 0 Å². The van der Waals surface area contributed by atoms with Crippen LogP contribution in [0.4, 0.5) is 10.1 Å². The standard InChI is InChI=1S/C8H6FN/c1-2-6-3-4-7(10)5-8(6)9/h1,3-5H,10H2. The molecule has 10 heavy (non-hydrogen) atoms. The molecule has 0 heterocycles. The number of nitrogens with two attached hydrogens (primary N) is 1. The maximum atomic E-state index is 12.6. The van der Waals surface area contributed by atoms with Gasteiger partial charge in [0.15, 0.2) is 0 Å². The van der Waals surface area contributed by atoms with Crippen LogP contribution in [0.5, 0.6) is 0 Å². The largest absolute Gasteiger partial charge is 0.399 e. The van der Waals surface area contributed by atoms with E-state index in [4.69, 9.17) is 12.2 Å². The van der Waals surface area contributed by atoms with Gasteiger partial charge in [-0.3, -0.25) is 0 Å². The number of terminal acetylenes is 1. The predicted octanol–water partition coefficient (Wildman–Crippen LogP) is 1.39. The van der Waals surface area contributed by atoms with E-state index in [2.05, 4.69) is 5.92 Å². The Hall–Kier alpha value is -1.49. The topological polar surface area (TPSA) is 26.0 Å². The Morgan fingerprint density at radius 1 is 1.50 bits per heavy atom. The van der Waals surface area contributed by atoms with E-state index in [0.717, 1.165) is 0 Å². The second-order valence-electron chi connectivity index (χ2n) is 1.88. The van der Waals surface area contributed by atoms with Crippen molar-refractivity contribution in [1.82, 2.24) is 0 Å². The summed E-state index contributed by atoms with van der Waals surface area (Å²) < 4.78 is 12.6. The van der Waals surface area contributed by atoms with Crippen LogP contribution < -0.4 is 5.73 Å². The number of rotatable bonds is 0. The van der Waals surface area contributed by atoms with Crippen LogP contribution in [0.2, 0.25) is 0 Å². The molecule has 0 spiro atoms. The highest BCUT2D eigenvalue weighted by Gasteiger charge is 1.96. The maximum Gasteiger partial charge on any atom is 0.140 e. The molecular formula is C8H6FN. The van der Waals surface area contributed by atoms with Gasteiger partial charge in [-0.15, -0.1) is 6.42 Å². The van der Waals surface area contributed by atoms with Crippen molar-refractivity contribution in [3.05, 3.63) is 29.6 Å². The van der Waals surface area contributed by atoms with Gasteiger partial charge in [-0.1, -0.05) is 5.92 Å². The van der Waals surface area contributed by atoms with E-state index in [1.165, 1.54) is 12.1 Å². The van der Waals surface area contributed by atoms with E-state index < -0.39 is 5.82 Å². The molecule has 2 N–H and O–H groups in total. The molecule has 0 saturated heterocycles. The molecule has 1 aromatic rings. The zero-order valence-corrected chi connectivity index (χ0v) is 5.26. The van der Waals surface area contributed by atoms with E-state index in [0.29, 0.717) is 5.69 Å². The van der Waals surface area contributed by atoms with Gasteiger partial charge >= 0.3 is 0 Å². The lowest BCUT2D eigenvalue weighted by Crippen LogP contribution is -1.88. The molecule has 2 heteroatoms. The van der Waals surface area contributed by atoms with Crippen LogP contribution in [-0.2, 0) is 0 Å². The summed E-state index contributed by atoms with van der Waals surface area (Å²) >= 11 is 0. The van der Waals surface area contributed by atoms with E-state index in [-0.39, 0.29) is 5.56 Å². The molecule has 0 aliphatic carbocycles. The minimum absolute atomic E-state index is 0.245. The van der Waals surface area contributed by atoms with E-state index in [9.17, 15) is 4.39 Å². The summed E-state index contributed by atoms with van der Waals surface area (Å²) in [7, 11) is 0. The average Bonchev–Trinajstić information content (AvgIpc) is 1.88. The fourth-order valence-electron chi connectivity index (χ4n) is 0.648. The summed E-state index contributed by atoms with van der Waals surface area (Å²) in [4.78, 5) is 0. The summed E-state index contributed by atoms with van der Waals surface area (Å²) in [5.74, 6) is 1.75. The third-order valence-corrected chi connectivity index (χ3v) is 1.15. The van der Waals surface area contributed by atoms with Gasteiger partial charge in [-0.2, -0.15) is 0 Å². The molecule has 1 rings (SSSR count). The van der Waals surface area contributed by atoms with Gasteiger partial charge in [0.05, 0.1) is 5.56 Å². The smallest absolute Gasteiger partial charge is 0.140 e. The zero-order valence-electron chi connectivity index (χ0n) is 5.26. The first-order chi connectivity index (χ1) is 4.74. The molecule has 0 unspecified atom stereocenters. The number of nitrogen functional groups attached to an aromatic ring is 1. The first kappa shape index (κ1) is 6.63. The summed E-state index contributed by atoms with van der Waals surface area (Å²) in [5.41, 5.74) is 5.90. The number of halogens is 1. The monoisotopic (exact) mass is 135 g/mol. The van der Waals surface area contributed by atoms with E-state index in [1.54, 1.807) is 6.07 Å². The van der Waals surface area contributed by atoms with Crippen molar-refractivity contribution < 1.29 is 4.39 Å². The van der Waals surface area contributed by atoms with Crippen molar-refractivity contribution >= 4 is 5.69 Å². The molecule has 0 saturated carbocycles. The number of anilines is 1. The van der Waals surface area contributed by atoms with Crippen LogP contribution in [0.25, 0.3) is 0 Å². The van der Waals surface area contributed by atoms with Crippen molar-refractivity contribution in [2.24, 2.45) is 0 Å². The molecule has 0 radical (unpaired) electrons. The zero-order chi connectivity index (χ0) is 7.56. The van der Waals surface area contributed by atoms with Gasteiger partial charge in [0.25, 0.3) is 0 Å². The summed E-state index contributed by atoms with van der Waals surface area (Å²) in [5, 5.41) is 0. The SMILES string of the molecule is C#Cc1ccc(N)cc1F. The number of benzene rings is 1. The molecule has 0 bridgehead atoms. The van der Waals surface area contributed by atoms with Crippen LogP contribution >= 0.6 is 0 Å². The normalized spacial score (nSPS) is 8.80. The quantitative estimate of drug-likeness (QED) is 0.422. The molecule has 0 amide bonds. The van der Waals surface area contributed by atoms with Gasteiger partial charge in [0.2, 0.25) is 0 Å². The number of hydrogen-bond donors (Lipinski definition) is 1. The Bertz CT molecular complexity index is 286. The molecule has 0 aliphatic heterocycles. The minimum atomic E-state index is -0.442. The summed E-state index contributed by atoms with van der Waals surface area (Å²) in [6, 6.07) is 4.25. The summed E-state index contributed by atoms with van der Waals surface area (Å²) in [6.45, 7) is 0. The Morgan fingerprint density at radius 2 is 2.20 bits per heavy atom. The number of hydrogen-bond acceptors (Lipinski definition) is 1. The van der Waals surface area contributed by atoms with Gasteiger partial charge in [-0.25, -0.2) is 4.39 Å². The highest BCUT2D eigenvalue weighted by Crippen LogP contribution is 2.09. The fraction of sp³-hybridized carbons (Fsp3) is 0. The van der Waals surface area contributed by atoms with Gasteiger partial charge in [0, 0.05) is 5.69 Å². The van der Waals surface area contributed by atoms with Crippen molar-refractivity contribution in [2.75, 3.05) is 5.73 Å². The molecule has 50 valence electrons. The van der Waals surface area contributed by atoms with Crippen molar-refractivity contribution in [2.45, 2.75) is 0 Å². The lowest BCUT2D eigenvalue weighted by molar-refractivity contribution is 0.625. The molecule has 0 atom stereocenters. The second kappa shape index (κ2) is 2.40. The van der Waals surface area contributed by atoms with Crippen molar-refractivity contribution in [3.63, 3.8) is 0 Å². The Morgan fingerprint density at radius 3 is 2.70 bits per heavy atom. The lowest BCUT2D eigenvalue weighted by Gasteiger charge is -1.94. The van der Waals surface area contributed by atoms with Gasteiger partial charge in [-0.05, 0) is 18.2 Å². The van der Waals surface area contributed by atoms with Crippen LogP contribution in [0.3, 0.4) is 0 Å². The molecular weight excluding hydrogens is 129 g/mol. The van der Waals surface area contributed by atoms with Gasteiger partial charge < -0.3 is 5.73 Å². The van der Waals surface area contributed by atoms with E-state index >= 15 is 0 Å². The van der Waals surface area contributed by atoms with Crippen LogP contribution in [0, 0.1) is 18.2 Å². The highest BCUT2D eigenvalue weighted by molar-refractivity contribution is 5.45. The first-order valence-electron chi connectivity index (χ1n) is 2.75. The third kappa shape index (κ3) is 1.08. The van der Waals surface area contributed by atoms with Crippen LogP contribution in [-0.4, -0.2) is 0 Å². The summed E-state index contributed by atoms with van der Waals surface area (Å²) in [6.07, 6.45) is 4.97. The molecule has 0 aliphatic rings. The highest BCUT2D eigenvalue weighted by atomic mass is 19.1. The van der Waals surface area contributed by atoms with Gasteiger partial charge in [0.1, 0.15) is 5.82 Å². The van der Waals surface area contributed by atoms with Crippen LogP contribution in [0.15, 0.2) is 18.2 Å². The fourth-order valence-corrected chi connectivity index (χ4v) is 0.648. The Balaban J connectivity index is 3.23. The molecule has 1 aromatic carbocycles. The van der Waals surface area contributed by atoms with Crippen LogP contribution in [0.1, 0.15) is 5.56 Å². The Labute approximate surface area is 58.7 Å². The third-order valence-electron chi connectivity index (χ3n) is 1.15. The van der Waals surface area contributed by atoms with E-state index in [1.807, 2.05) is 0 Å². The van der Waals surface area contributed by atoms with Crippen molar-refractivity contribution in [3.8, 4) is 12.3 Å².